The van der Waals surface area contributed by atoms with Gasteiger partial charge in [-0.25, -0.2) is 0 Å². The summed E-state index contributed by atoms with van der Waals surface area (Å²) in [7, 11) is 0. The van der Waals surface area contributed by atoms with Crippen LogP contribution in [0.15, 0.2) is 30.3 Å². The van der Waals surface area contributed by atoms with Crippen LogP contribution in [0.3, 0.4) is 0 Å². The Balaban J connectivity index is 1.30. The molecule has 0 bridgehead atoms. The van der Waals surface area contributed by atoms with Crippen molar-refractivity contribution in [3.8, 4) is 0 Å². The summed E-state index contributed by atoms with van der Waals surface area (Å²) in [5.74, 6) is 1.30. The van der Waals surface area contributed by atoms with Gasteiger partial charge in [-0.15, -0.1) is 0 Å². The third-order valence-corrected chi connectivity index (χ3v) is 7.20. The average Bonchev–Trinajstić information content (AvgIpc) is 2.68. The fraction of sp³-hybridized carbons (Fsp3) is 0.650. The third-order valence-electron chi connectivity index (χ3n) is 5.73. The standard InChI is InChI=1S/C20H29N3O2S/c24-20-17-7-6-15(21-14-4-2-1-3-5-14)12-18(17)22-19(23-20)13-26-16-8-10-25-11-9-16/h1-5,15-19,21-22H,6-13H2,(H,23,24). The molecular weight excluding hydrogens is 346 g/mol. The van der Waals surface area contributed by atoms with Crippen LogP contribution in [0.2, 0.25) is 0 Å². The van der Waals surface area contributed by atoms with Crippen molar-refractivity contribution in [1.29, 1.82) is 0 Å². The minimum absolute atomic E-state index is 0.0899. The van der Waals surface area contributed by atoms with Crippen molar-refractivity contribution in [2.24, 2.45) is 5.92 Å². The van der Waals surface area contributed by atoms with Gasteiger partial charge in [0.25, 0.3) is 0 Å². The molecule has 3 N–H and O–H groups in total. The van der Waals surface area contributed by atoms with Crippen molar-refractivity contribution in [2.45, 2.75) is 55.6 Å². The second-order valence-electron chi connectivity index (χ2n) is 7.61. The molecule has 0 spiro atoms. The fourth-order valence-corrected chi connectivity index (χ4v) is 5.48. The minimum Gasteiger partial charge on any atom is -0.382 e. The zero-order valence-corrected chi connectivity index (χ0v) is 16.0. The van der Waals surface area contributed by atoms with Gasteiger partial charge < -0.3 is 15.4 Å². The van der Waals surface area contributed by atoms with E-state index < -0.39 is 0 Å². The van der Waals surface area contributed by atoms with Crippen LogP contribution in [0.25, 0.3) is 0 Å². The molecule has 2 heterocycles. The zero-order valence-electron chi connectivity index (χ0n) is 15.2. The van der Waals surface area contributed by atoms with E-state index in [0.29, 0.717) is 11.3 Å². The molecule has 1 amide bonds. The van der Waals surface area contributed by atoms with E-state index >= 15 is 0 Å². The van der Waals surface area contributed by atoms with Crippen molar-refractivity contribution in [3.63, 3.8) is 0 Å². The number of para-hydroxylation sites is 1. The topological polar surface area (TPSA) is 62.4 Å². The molecule has 142 valence electrons. The Bertz CT molecular complexity index is 594. The Morgan fingerprint density at radius 3 is 2.73 bits per heavy atom. The first-order chi connectivity index (χ1) is 12.8. The lowest BCUT2D eigenvalue weighted by atomic mass is 9.79. The molecule has 0 radical (unpaired) electrons. The van der Waals surface area contributed by atoms with Crippen LogP contribution < -0.4 is 16.0 Å². The molecule has 2 aliphatic heterocycles. The van der Waals surface area contributed by atoms with Gasteiger partial charge in [-0.05, 0) is 44.2 Å². The summed E-state index contributed by atoms with van der Waals surface area (Å²) < 4.78 is 5.43. The monoisotopic (exact) mass is 375 g/mol. The molecule has 0 aromatic heterocycles. The number of hydrogen-bond donors (Lipinski definition) is 3. The maximum atomic E-state index is 12.6. The van der Waals surface area contributed by atoms with E-state index in [-0.39, 0.29) is 24.0 Å². The first-order valence-electron chi connectivity index (χ1n) is 9.85. The van der Waals surface area contributed by atoms with E-state index in [2.05, 4.69) is 40.2 Å². The van der Waals surface area contributed by atoms with E-state index in [9.17, 15) is 4.79 Å². The highest BCUT2D eigenvalue weighted by Gasteiger charge is 2.40. The zero-order chi connectivity index (χ0) is 17.8. The molecule has 5 nitrogen and oxygen atoms in total. The summed E-state index contributed by atoms with van der Waals surface area (Å²) in [5.41, 5.74) is 1.17. The van der Waals surface area contributed by atoms with E-state index in [4.69, 9.17) is 4.74 Å². The van der Waals surface area contributed by atoms with Crippen LogP contribution in [-0.4, -0.2) is 48.4 Å². The Hall–Kier alpha value is -1.24. The molecule has 4 unspecified atom stereocenters. The van der Waals surface area contributed by atoms with Crippen LogP contribution in [0.1, 0.15) is 32.1 Å². The lowest BCUT2D eigenvalue weighted by Crippen LogP contribution is -2.64. The highest BCUT2D eigenvalue weighted by atomic mass is 32.2. The Morgan fingerprint density at radius 1 is 1.12 bits per heavy atom. The number of amides is 1. The Morgan fingerprint density at radius 2 is 1.92 bits per heavy atom. The van der Waals surface area contributed by atoms with Crippen LogP contribution >= 0.6 is 11.8 Å². The van der Waals surface area contributed by atoms with Gasteiger partial charge in [0.2, 0.25) is 5.91 Å². The molecule has 4 atom stereocenters. The van der Waals surface area contributed by atoms with Gasteiger partial charge in [-0.2, -0.15) is 11.8 Å². The number of anilines is 1. The first-order valence-corrected chi connectivity index (χ1v) is 10.9. The molecule has 3 fully saturated rings. The number of fused-ring (bicyclic) bond motifs is 1. The number of carbonyl (C=O) groups excluding carboxylic acids is 1. The van der Waals surface area contributed by atoms with Gasteiger partial charge in [0, 0.05) is 42.0 Å². The summed E-state index contributed by atoms with van der Waals surface area (Å²) in [6.45, 7) is 1.75. The molecule has 1 aromatic rings. The summed E-state index contributed by atoms with van der Waals surface area (Å²) in [6.07, 6.45) is 5.35. The van der Waals surface area contributed by atoms with Crippen molar-refractivity contribution in [2.75, 3.05) is 24.3 Å². The van der Waals surface area contributed by atoms with Gasteiger partial charge in [0.15, 0.2) is 0 Å². The smallest absolute Gasteiger partial charge is 0.225 e. The van der Waals surface area contributed by atoms with E-state index in [1.165, 1.54) is 5.69 Å². The van der Waals surface area contributed by atoms with E-state index in [0.717, 1.165) is 51.1 Å². The second kappa shape index (κ2) is 8.63. The summed E-state index contributed by atoms with van der Waals surface area (Å²) >= 11 is 1.98. The van der Waals surface area contributed by atoms with E-state index in [1.54, 1.807) is 0 Å². The summed E-state index contributed by atoms with van der Waals surface area (Å²) in [5, 5.41) is 11.2. The highest BCUT2D eigenvalue weighted by molar-refractivity contribution is 7.99. The first kappa shape index (κ1) is 18.1. The summed E-state index contributed by atoms with van der Waals surface area (Å²) in [6, 6.07) is 11.1. The number of ether oxygens (including phenoxy) is 1. The molecule has 1 saturated carbocycles. The van der Waals surface area contributed by atoms with Gasteiger partial charge in [-0.1, -0.05) is 18.2 Å². The predicted molar refractivity (Wildman–Crippen MR) is 106 cm³/mol. The maximum absolute atomic E-state index is 12.6. The molecule has 26 heavy (non-hydrogen) atoms. The second-order valence-corrected chi connectivity index (χ2v) is 8.94. The van der Waals surface area contributed by atoms with Gasteiger partial charge in [0.1, 0.15) is 0 Å². The fourth-order valence-electron chi connectivity index (χ4n) is 4.31. The van der Waals surface area contributed by atoms with Crippen LogP contribution in [-0.2, 0) is 9.53 Å². The van der Waals surface area contributed by atoms with Crippen LogP contribution in [0.5, 0.6) is 0 Å². The molecular formula is C20H29N3O2S. The lowest BCUT2D eigenvalue weighted by Gasteiger charge is -2.43. The molecule has 3 aliphatic rings. The van der Waals surface area contributed by atoms with Crippen molar-refractivity contribution in [3.05, 3.63) is 30.3 Å². The van der Waals surface area contributed by atoms with Crippen molar-refractivity contribution < 1.29 is 9.53 Å². The van der Waals surface area contributed by atoms with Crippen molar-refractivity contribution in [1.82, 2.24) is 10.6 Å². The molecule has 1 aliphatic carbocycles. The maximum Gasteiger partial charge on any atom is 0.225 e. The minimum atomic E-state index is 0.0899. The van der Waals surface area contributed by atoms with Gasteiger partial charge in [-0.3, -0.25) is 10.1 Å². The molecule has 4 rings (SSSR count). The number of nitrogens with one attached hydrogen (secondary N) is 3. The van der Waals surface area contributed by atoms with E-state index in [1.807, 2.05) is 17.8 Å². The SMILES string of the molecule is O=C1NC(CSC2CCOCC2)NC2CC(Nc3ccccc3)CCC12. The number of hydrogen-bond acceptors (Lipinski definition) is 5. The lowest BCUT2D eigenvalue weighted by molar-refractivity contribution is -0.130. The predicted octanol–water partition coefficient (Wildman–Crippen LogP) is 2.59. The van der Waals surface area contributed by atoms with Gasteiger partial charge in [0.05, 0.1) is 12.1 Å². The van der Waals surface area contributed by atoms with Crippen molar-refractivity contribution >= 4 is 23.4 Å². The van der Waals surface area contributed by atoms with Crippen LogP contribution in [0, 0.1) is 5.92 Å². The van der Waals surface area contributed by atoms with Crippen LogP contribution in [0.4, 0.5) is 5.69 Å². The highest BCUT2D eigenvalue weighted by Crippen LogP contribution is 2.30. The number of rotatable bonds is 5. The van der Waals surface area contributed by atoms with Gasteiger partial charge >= 0.3 is 0 Å². The molecule has 2 saturated heterocycles. The Kier molecular flexibility index (Phi) is 6.02. The number of benzene rings is 1. The number of thioether (sulfide) groups is 1. The quantitative estimate of drug-likeness (QED) is 0.738. The molecule has 6 heteroatoms. The normalized spacial score (nSPS) is 32.5. The average molecular weight is 376 g/mol. The number of carbonyl (C=O) groups is 1. The largest absolute Gasteiger partial charge is 0.382 e. The molecule has 1 aromatic carbocycles. The Labute approximate surface area is 160 Å². The summed E-state index contributed by atoms with van der Waals surface area (Å²) in [4.78, 5) is 12.6. The third kappa shape index (κ3) is 4.53.